The number of hydrogen-bond acceptors (Lipinski definition) is 3. The van der Waals surface area contributed by atoms with Crippen molar-refractivity contribution in [3.63, 3.8) is 0 Å². The summed E-state index contributed by atoms with van der Waals surface area (Å²) in [4.78, 5) is 0. The predicted octanol–water partition coefficient (Wildman–Crippen LogP) is 1.86. The Morgan fingerprint density at radius 1 is 1.60 bits per heavy atom. The van der Waals surface area contributed by atoms with E-state index < -0.39 is 0 Å². The Balaban J connectivity index is 2.26. The molecule has 0 amide bonds. The minimum Gasteiger partial charge on any atom is -0.501 e. The van der Waals surface area contributed by atoms with Gasteiger partial charge in [-0.25, -0.2) is 0 Å². The first-order valence-corrected chi connectivity index (χ1v) is 5.55. The minimum atomic E-state index is 0.336. The lowest BCUT2D eigenvalue weighted by molar-refractivity contribution is 0.0218. The highest BCUT2D eigenvalue weighted by atomic mass is 16.5. The second-order valence-corrected chi connectivity index (χ2v) is 3.60. The van der Waals surface area contributed by atoms with Gasteiger partial charge in [-0.05, 0) is 19.4 Å². The summed E-state index contributed by atoms with van der Waals surface area (Å²) in [6, 6.07) is 0. The van der Waals surface area contributed by atoms with Crippen molar-refractivity contribution in [3.8, 4) is 0 Å². The molecule has 1 unspecified atom stereocenters. The molecule has 0 radical (unpaired) electrons. The Labute approximate surface area is 92.1 Å². The van der Waals surface area contributed by atoms with Crippen molar-refractivity contribution in [3.05, 3.63) is 24.0 Å². The van der Waals surface area contributed by atoms with Crippen LogP contribution in [0.2, 0.25) is 0 Å². The molecule has 0 spiro atoms. The van der Waals surface area contributed by atoms with Gasteiger partial charge in [0.15, 0.2) is 0 Å². The van der Waals surface area contributed by atoms with Crippen LogP contribution in [0.1, 0.15) is 19.8 Å². The molecular weight excluding hydrogens is 190 g/mol. The van der Waals surface area contributed by atoms with Crippen molar-refractivity contribution in [2.45, 2.75) is 25.9 Å². The zero-order valence-electron chi connectivity index (χ0n) is 9.66. The Kier molecular flexibility index (Phi) is 6.12. The van der Waals surface area contributed by atoms with Crippen LogP contribution in [0, 0.1) is 0 Å². The van der Waals surface area contributed by atoms with Crippen LogP contribution >= 0.6 is 0 Å². The van der Waals surface area contributed by atoms with Crippen LogP contribution in [-0.4, -0.2) is 32.9 Å². The fraction of sp³-hybridized carbons (Fsp3) is 0.667. The van der Waals surface area contributed by atoms with Crippen LogP contribution in [0.4, 0.5) is 0 Å². The van der Waals surface area contributed by atoms with E-state index in [2.05, 4.69) is 5.32 Å². The fourth-order valence-electron chi connectivity index (χ4n) is 1.57. The number of rotatable bonds is 5. The zero-order chi connectivity index (χ0) is 10.9. The van der Waals surface area contributed by atoms with Crippen LogP contribution < -0.4 is 5.32 Å². The normalized spacial score (nSPS) is 23.3. The Morgan fingerprint density at radius 2 is 2.47 bits per heavy atom. The number of ether oxygens (including phenoxy) is 2. The maximum Gasteiger partial charge on any atom is 0.0956 e. The molecule has 86 valence electrons. The lowest BCUT2D eigenvalue weighted by Gasteiger charge is -2.23. The second kappa shape index (κ2) is 7.49. The van der Waals surface area contributed by atoms with Crippen LogP contribution in [0.25, 0.3) is 0 Å². The van der Waals surface area contributed by atoms with E-state index in [0.717, 1.165) is 38.3 Å². The predicted molar refractivity (Wildman–Crippen MR) is 61.7 cm³/mol. The van der Waals surface area contributed by atoms with E-state index in [-0.39, 0.29) is 0 Å². The third-order valence-electron chi connectivity index (χ3n) is 2.45. The quantitative estimate of drug-likeness (QED) is 0.556. The van der Waals surface area contributed by atoms with Crippen LogP contribution in [-0.2, 0) is 9.47 Å². The van der Waals surface area contributed by atoms with E-state index in [9.17, 15) is 0 Å². The smallest absolute Gasteiger partial charge is 0.0956 e. The third-order valence-corrected chi connectivity index (χ3v) is 2.45. The van der Waals surface area contributed by atoms with Gasteiger partial charge in [-0.1, -0.05) is 12.2 Å². The molecule has 0 aromatic heterocycles. The van der Waals surface area contributed by atoms with E-state index in [1.165, 1.54) is 0 Å². The van der Waals surface area contributed by atoms with Gasteiger partial charge in [0.05, 0.1) is 25.6 Å². The van der Waals surface area contributed by atoms with Crippen molar-refractivity contribution in [2.75, 3.05) is 26.8 Å². The van der Waals surface area contributed by atoms with Gasteiger partial charge in [0.25, 0.3) is 0 Å². The maximum atomic E-state index is 5.61. The first-order chi connectivity index (χ1) is 7.36. The average molecular weight is 211 g/mol. The number of morpholine rings is 1. The summed E-state index contributed by atoms with van der Waals surface area (Å²) < 4.78 is 10.9. The largest absolute Gasteiger partial charge is 0.501 e. The van der Waals surface area contributed by atoms with E-state index in [0.29, 0.717) is 6.10 Å². The minimum absolute atomic E-state index is 0.336. The molecule has 1 N–H and O–H groups in total. The van der Waals surface area contributed by atoms with Gasteiger partial charge in [0.2, 0.25) is 0 Å². The average Bonchev–Trinajstić information content (AvgIpc) is 2.31. The van der Waals surface area contributed by atoms with Gasteiger partial charge >= 0.3 is 0 Å². The highest BCUT2D eigenvalue weighted by Gasteiger charge is 2.13. The summed E-state index contributed by atoms with van der Waals surface area (Å²) in [7, 11) is 1.72. The molecule has 1 fully saturated rings. The molecular formula is C12H21NO2. The molecule has 3 nitrogen and oxygen atoms in total. The molecule has 0 aromatic carbocycles. The van der Waals surface area contributed by atoms with Crippen LogP contribution in [0.5, 0.6) is 0 Å². The van der Waals surface area contributed by atoms with Crippen molar-refractivity contribution in [1.82, 2.24) is 5.32 Å². The van der Waals surface area contributed by atoms with E-state index >= 15 is 0 Å². The van der Waals surface area contributed by atoms with Crippen LogP contribution in [0.3, 0.4) is 0 Å². The fourth-order valence-corrected chi connectivity index (χ4v) is 1.57. The molecule has 15 heavy (non-hydrogen) atoms. The lowest BCUT2D eigenvalue weighted by Crippen LogP contribution is -2.38. The molecule has 1 heterocycles. The van der Waals surface area contributed by atoms with Crippen molar-refractivity contribution in [1.29, 1.82) is 0 Å². The second-order valence-electron chi connectivity index (χ2n) is 3.60. The van der Waals surface area contributed by atoms with Gasteiger partial charge in [-0.2, -0.15) is 0 Å². The van der Waals surface area contributed by atoms with Crippen molar-refractivity contribution in [2.24, 2.45) is 0 Å². The maximum absolute atomic E-state index is 5.61. The Hall–Kier alpha value is -0.800. The summed E-state index contributed by atoms with van der Waals surface area (Å²) in [5.74, 6) is 1.02. The highest BCUT2D eigenvalue weighted by molar-refractivity contribution is 5.06. The van der Waals surface area contributed by atoms with Gasteiger partial charge in [-0.15, -0.1) is 0 Å². The summed E-state index contributed by atoms with van der Waals surface area (Å²) in [6.45, 7) is 4.76. The van der Waals surface area contributed by atoms with Gasteiger partial charge < -0.3 is 14.8 Å². The molecule has 0 aromatic rings. The Morgan fingerprint density at radius 3 is 3.07 bits per heavy atom. The molecule has 1 saturated heterocycles. The number of hydrogen-bond donors (Lipinski definition) is 1. The third kappa shape index (κ3) is 5.00. The lowest BCUT2D eigenvalue weighted by atomic mass is 10.1. The SMILES string of the molecule is CC=CC=C(CCC1CNCCO1)OC. The molecule has 0 saturated carbocycles. The molecule has 3 heteroatoms. The summed E-state index contributed by atoms with van der Waals surface area (Å²) in [5.41, 5.74) is 0. The summed E-state index contributed by atoms with van der Waals surface area (Å²) in [6.07, 6.45) is 8.30. The Bertz CT molecular complexity index is 218. The summed E-state index contributed by atoms with van der Waals surface area (Å²) in [5, 5.41) is 3.32. The standard InChI is InChI=1S/C12H21NO2/c1-3-4-5-11(14-2)6-7-12-10-13-8-9-15-12/h3-5,12-13H,6-10H2,1-2H3. The molecule has 1 rings (SSSR count). The van der Waals surface area contributed by atoms with Crippen molar-refractivity contribution < 1.29 is 9.47 Å². The van der Waals surface area contributed by atoms with E-state index in [4.69, 9.17) is 9.47 Å². The van der Waals surface area contributed by atoms with E-state index in [1.54, 1.807) is 7.11 Å². The molecule has 1 aliphatic rings. The first kappa shape index (κ1) is 12.3. The molecule has 1 aliphatic heterocycles. The van der Waals surface area contributed by atoms with E-state index in [1.807, 2.05) is 25.2 Å². The van der Waals surface area contributed by atoms with Crippen molar-refractivity contribution >= 4 is 0 Å². The van der Waals surface area contributed by atoms with Crippen LogP contribution in [0.15, 0.2) is 24.0 Å². The van der Waals surface area contributed by atoms with Gasteiger partial charge in [-0.3, -0.25) is 0 Å². The number of nitrogens with one attached hydrogen (secondary N) is 1. The first-order valence-electron chi connectivity index (χ1n) is 5.55. The molecule has 0 bridgehead atoms. The monoisotopic (exact) mass is 211 g/mol. The highest BCUT2D eigenvalue weighted by Crippen LogP contribution is 2.11. The molecule has 0 aliphatic carbocycles. The number of allylic oxidation sites excluding steroid dienone is 4. The zero-order valence-corrected chi connectivity index (χ0v) is 9.66. The van der Waals surface area contributed by atoms with Gasteiger partial charge in [0, 0.05) is 19.5 Å². The summed E-state index contributed by atoms with van der Waals surface area (Å²) >= 11 is 0. The van der Waals surface area contributed by atoms with Gasteiger partial charge in [0.1, 0.15) is 0 Å². The number of methoxy groups -OCH3 is 1. The topological polar surface area (TPSA) is 30.5 Å². The molecule has 1 atom stereocenters.